The van der Waals surface area contributed by atoms with Crippen molar-refractivity contribution < 1.29 is 18.0 Å². The number of rotatable bonds is 3. The first-order chi connectivity index (χ1) is 14.8. The quantitative estimate of drug-likeness (QED) is 0.533. The Balaban J connectivity index is 1.73. The Kier molecular flexibility index (Phi) is 5.02. The number of anilines is 1. The van der Waals surface area contributed by atoms with E-state index >= 15 is 0 Å². The van der Waals surface area contributed by atoms with Gasteiger partial charge in [0.25, 0.3) is 5.91 Å². The van der Waals surface area contributed by atoms with Crippen LogP contribution in [-0.2, 0) is 13.2 Å². The summed E-state index contributed by atoms with van der Waals surface area (Å²) in [4.78, 5) is 33.3. The van der Waals surface area contributed by atoms with Gasteiger partial charge in [0.15, 0.2) is 0 Å². The molecule has 0 unspecified atom stereocenters. The number of aryl methyl sites for hydroxylation is 1. The highest BCUT2D eigenvalue weighted by atomic mass is 19.4. The van der Waals surface area contributed by atoms with Crippen LogP contribution in [0.15, 0.2) is 72.0 Å². The van der Waals surface area contributed by atoms with E-state index in [1.165, 1.54) is 43.0 Å². The fraction of sp³-hybridized carbons (Fsp3) is 0.0909. The lowest BCUT2D eigenvalue weighted by atomic mass is 10.0. The second kappa shape index (κ2) is 7.67. The van der Waals surface area contributed by atoms with Gasteiger partial charge in [-0.3, -0.25) is 19.6 Å². The molecule has 3 heterocycles. The van der Waals surface area contributed by atoms with Gasteiger partial charge in [-0.25, -0.2) is 0 Å². The molecule has 1 aromatic carbocycles. The van der Waals surface area contributed by atoms with Gasteiger partial charge in [-0.1, -0.05) is 12.1 Å². The lowest BCUT2D eigenvalue weighted by Crippen LogP contribution is -2.23. The van der Waals surface area contributed by atoms with Gasteiger partial charge < -0.3 is 9.88 Å². The van der Waals surface area contributed by atoms with Crippen molar-refractivity contribution in [3.05, 3.63) is 88.6 Å². The van der Waals surface area contributed by atoms with Crippen LogP contribution in [0.1, 0.15) is 15.9 Å². The molecule has 0 aliphatic carbocycles. The van der Waals surface area contributed by atoms with E-state index in [-0.39, 0.29) is 27.9 Å². The molecule has 6 nitrogen and oxygen atoms in total. The highest BCUT2D eigenvalue weighted by molar-refractivity contribution is 6.05. The van der Waals surface area contributed by atoms with Crippen molar-refractivity contribution in [2.24, 2.45) is 7.05 Å². The fourth-order valence-corrected chi connectivity index (χ4v) is 3.30. The topological polar surface area (TPSA) is 76.9 Å². The van der Waals surface area contributed by atoms with Gasteiger partial charge in [0.1, 0.15) is 5.56 Å². The maximum absolute atomic E-state index is 13.7. The van der Waals surface area contributed by atoms with Crippen LogP contribution in [0.5, 0.6) is 0 Å². The van der Waals surface area contributed by atoms with Crippen molar-refractivity contribution in [2.75, 3.05) is 5.32 Å². The number of benzene rings is 1. The zero-order valence-corrected chi connectivity index (χ0v) is 16.1. The number of pyridine rings is 3. The number of carbonyl (C=O) groups excluding carboxylic acids is 1. The van der Waals surface area contributed by atoms with E-state index in [9.17, 15) is 22.8 Å². The molecule has 0 bridgehead atoms. The molecule has 0 radical (unpaired) electrons. The number of carbonyl (C=O) groups is 1. The number of amides is 1. The van der Waals surface area contributed by atoms with E-state index < -0.39 is 23.1 Å². The van der Waals surface area contributed by atoms with E-state index in [1.807, 2.05) is 0 Å². The predicted octanol–water partition coefficient (Wildman–Crippen LogP) is 4.27. The summed E-state index contributed by atoms with van der Waals surface area (Å²) in [6, 6.07) is 9.69. The van der Waals surface area contributed by atoms with Gasteiger partial charge >= 0.3 is 6.18 Å². The van der Waals surface area contributed by atoms with E-state index in [0.29, 0.717) is 5.52 Å². The number of nitrogens with zero attached hydrogens (tertiary/aromatic N) is 3. The van der Waals surface area contributed by atoms with Crippen LogP contribution in [0.25, 0.3) is 22.2 Å². The highest BCUT2D eigenvalue weighted by Crippen LogP contribution is 2.38. The summed E-state index contributed by atoms with van der Waals surface area (Å²) in [5, 5.41) is 2.62. The van der Waals surface area contributed by atoms with E-state index in [2.05, 4.69) is 15.3 Å². The molecule has 0 atom stereocenters. The average Bonchev–Trinajstić information content (AvgIpc) is 2.76. The zero-order valence-electron chi connectivity index (χ0n) is 16.1. The standard InChI is InChI=1S/C22H15F3N4O2/c1-29-12-16(20(30)15-11-26-9-7-19(15)29)21(31)28-13-5-6-14(17(10-13)22(23,24)25)18-4-2-3-8-27-18/h2-12H,1H3,(H,28,31). The SMILES string of the molecule is Cn1cc(C(=O)Nc2ccc(-c3ccccn3)c(C(F)(F)F)c2)c(=O)c2cnccc21. The molecule has 31 heavy (non-hydrogen) atoms. The lowest BCUT2D eigenvalue weighted by Gasteiger charge is -2.15. The molecular weight excluding hydrogens is 409 g/mol. The van der Waals surface area contributed by atoms with Crippen molar-refractivity contribution in [1.82, 2.24) is 14.5 Å². The summed E-state index contributed by atoms with van der Waals surface area (Å²) >= 11 is 0. The number of nitrogens with one attached hydrogen (secondary N) is 1. The Hall–Kier alpha value is -4.01. The molecule has 0 fully saturated rings. The van der Waals surface area contributed by atoms with E-state index in [0.717, 1.165) is 6.07 Å². The zero-order chi connectivity index (χ0) is 22.2. The third-order valence-corrected chi connectivity index (χ3v) is 4.76. The Bertz CT molecular complexity index is 1350. The molecule has 0 aliphatic rings. The Labute approximate surface area is 174 Å². The van der Waals surface area contributed by atoms with Crippen LogP contribution in [-0.4, -0.2) is 20.4 Å². The van der Waals surface area contributed by atoms with Gasteiger partial charge in [0.2, 0.25) is 5.43 Å². The number of aromatic nitrogens is 3. The molecule has 9 heteroatoms. The first-order valence-electron chi connectivity index (χ1n) is 9.13. The minimum Gasteiger partial charge on any atom is -0.349 e. The molecule has 1 amide bonds. The van der Waals surface area contributed by atoms with Crippen LogP contribution < -0.4 is 10.7 Å². The van der Waals surface area contributed by atoms with Crippen molar-refractivity contribution >= 4 is 22.5 Å². The Morgan fingerprint density at radius 1 is 1.10 bits per heavy atom. The smallest absolute Gasteiger partial charge is 0.349 e. The molecule has 156 valence electrons. The first-order valence-corrected chi connectivity index (χ1v) is 9.13. The molecule has 0 saturated carbocycles. The van der Waals surface area contributed by atoms with Gasteiger partial charge in [0, 0.05) is 43.1 Å². The van der Waals surface area contributed by atoms with Crippen molar-refractivity contribution in [1.29, 1.82) is 0 Å². The van der Waals surface area contributed by atoms with Crippen molar-refractivity contribution in [3.8, 4) is 11.3 Å². The molecule has 1 N–H and O–H groups in total. The number of hydrogen-bond donors (Lipinski definition) is 1. The summed E-state index contributed by atoms with van der Waals surface area (Å²) in [5.74, 6) is -0.815. The number of hydrogen-bond acceptors (Lipinski definition) is 4. The maximum atomic E-state index is 13.7. The van der Waals surface area contributed by atoms with Crippen LogP contribution in [0, 0.1) is 0 Å². The van der Waals surface area contributed by atoms with E-state index in [1.54, 1.807) is 29.8 Å². The monoisotopic (exact) mass is 424 g/mol. The number of alkyl halides is 3. The lowest BCUT2D eigenvalue weighted by molar-refractivity contribution is -0.137. The summed E-state index contributed by atoms with van der Waals surface area (Å²) < 4.78 is 42.6. The Morgan fingerprint density at radius 2 is 1.90 bits per heavy atom. The molecule has 0 aliphatic heterocycles. The van der Waals surface area contributed by atoms with Crippen LogP contribution in [0.3, 0.4) is 0 Å². The third-order valence-electron chi connectivity index (χ3n) is 4.76. The summed E-state index contributed by atoms with van der Waals surface area (Å²) in [7, 11) is 1.65. The van der Waals surface area contributed by atoms with Crippen LogP contribution >= 0.6 is 0 Å². The van der Waals surface area contributed by atoms with Gasteiger partial charge in [0.05, 0.1) is 22.2 Å². The van der Waals surface area contributed by atoms with Gasteiger partial charge in [-0.2, -0.15) is 13.2 Å². The molecule has 3 aromatic heterocycles. The average molecular weight is 424 g/mol. The second-order valence-corrected chi connectivity index (χ2v) is 6.80. The van der Waals surface area contributed by atoms with E-state index in [4.69, 9.17) is 0 Å². The third kappa shape index (κ3) is 3.89. The maximum Gasteiger partial charge on any atom is 0.417 e. The predicted molar refractivity (Wildman–Crippen MR) is 110 cm³/mol. The van der Waals surface area contributed by atoms with Gasteiger partial charge in [-0.05, 0) is 30.3 Å². The van der Waals surface area contributed by atoms with Crippen LogP contribution in [0.2, 0.25) is 0 Å². The normalized spacial score (nSPS) is 11.5. The Morgan fingerprint density at radius 3 is 2.61 bits per heavy atom. The highest BCUT2D eigenvalue weighted by Gasteiger charge is 2.34. The molecular formula is C22H15F3N4O2. The summed E-state index contributed by atoms with van der Waals surface area (Å²) in [6.07, 6.45) is 0.933. The van der Waals surface area contributed by atoms with Gasteiger partial charge in [-0.15, -0.1) is 0 Å². The summed E-state index contributed by atoms with van der Waals surface area (Å²) in [6.45, 7) is 0. The second-order valence-electron chi connectivity index (χ2n) is 6.80. The minimum atomic E-state index is -4.67. The molecule has 4 aromatic rings. The first kappa shape index (κ1) is 20.3. The summed E-state index contributed by atoms with van der Waals surface area (Å²) in [5.41, 5.74) is -1.17. The molecule has 4 rings (SSSR count). The minimum absolute atomic E-state index is 0.0923. The van der Waals surface area contributed by atoms with Crippen molar-refractivity contribution in [3.63, 3.8) is 0 Å². The molecule has 0 saturated heterocycles. The van der Waals surface area contributed by atoms with Crippen LogP contribution in [0.4, 0.5) is 18.9 Å². The van der Waals surface area contributed by atoms with Crippen molar-refractivity contribution in [2.45, 2.75) is 6.18 Å². The fourth-order valence-electron chi connectivity index (χ4n) is 3.30. The largest absolute Gasteiger partial charge is 0.417 e. The number of halogens is 3. The number of fused-ring (bicyclic) bond motifs is 1. The molecule has 0 spiro atoms.